The highest BCUT2D eigenvalue weighted by Crippen LogP contribution is 2.27. The average Bonchev–Trinajstić information content (AvgIpc) is 3.06. The fourth-order valence-corrected chi connectivity index (χ4v) is 4.01. The molecule has 2 aromatic heterocycles. The molecule has 3 aromatic rings. The van der Waals surface area contributed by atoms with Crippen LogP contribution in [0.1, 0.15) is 5.56 Å². The zero-order chi connectivity index (χ0) is 16.5. The van der Waals surface area contributed by atoms with E-state index in [0.29, 0.717) is 34.9 Å². The number of nitrogens with one attached hydrogen (secondary N) is 1. The lowest BCUT2D eigenvalue weighted by atomic mass is 10.2. The van der Waals surface area contributed by atoms with Gasteiger partial charge in [0.1, 0.15) is 4.70 Å². The molecule has 0 aliphatic carbocycles. The van der Waals surface area contributed by atoms with Crippen molar-refractivity contribution in [3.8, 4) is 0 Å². The Kier molecular flexibility index (Phi) is 4.17. The van der Waals surface area contributed by atoms with Gasteiger partial charge in [0.15, 0.2) is 15.5 Å². The fraction of sp³-hybridized carbons (Fsp3) is 0.312. The van der Waals surface area contributed by atoms with Crippen molar-refractivity contribution >= 4 is 39.0 Å². The second kappa shape index (κ2) is 6.46. The standard InChI is InChI=1S/C16H16N4O2S2/c21-14-12-13(17-16(24-12)19-6-8-22-9-7-19)20(15(23)18-14)10-11-4-2-1-3-5-11/h1-5H,6-10H2,(H,18,21,23). The van der Waals surface area contributed by atoms with Crippen molar-refractivity contribution in [1.29, 1.82) is 0 Å². The molecule has 0 radical (unpaired) electrons. The first-order chi connectivity index (χ1) is 11.7. The molecule has 1 fully saturated rings. The third kappa shape index (κ3) is 2.88. The molecule has 6 nitrogen and oxygen atoms in total. The first-order valence-corrected chi connectivity index (χ1v) is 8.95. The lowest BCUT2D eigenvalue weighted by molar-refractivity contribution is 0.122. The number of ether oxygens (including phenoxy) is 1. The Labute approximate surface area is 147 Å². The number of fused-ring (bicyclic) bond motifs is 1. The summed E-state index contributed by atoms with van der Waals surface area (Å²) in [6, 6.07) is 10.0. The number of H-pyrrole nitrogens is 1. The summed E-state index contributed by atoms with van der Waals surface area (Å²) in [5, 5.41) is 0.848. The maximum Gasteiger partial charge on any atom is 0.271 e. The van der Waals surface area contributed by atoms with Crippen molar-refractivity contribution in [1.82, 2.24) is 14.5 Å². The second-order valence-electron chi connectivity index (χ2n) is 5.58. The van der Waals surface area contributed by atoms with Crippen molar-refractivity contribution in [2.75, 3.05) is 31.2 Å². The minimum atomic E-state index is -0.170. The fourth-order valence-electron chi connectivity index (χ4n) is 2.75. The van der Waals surface area contributed by atoms with Gasteiger partial charge in [-0.2, -0.15) is 0 Å². The molecule has 124 valence electrons. The molecule has 8 heteroatoms. The van der Waals surface area contributed by atoms with Crippen molar-refractivity contribution < 1.29 is 4.74 Å². The molecule has 1 aliphatic heterocycles. The molecule has 1 aromatic carbocycles. The first-order valence-electron chi connectivity index (χ1n) is 7.72. The van der Waals surface area contributed by atoms with E-state index in [-0.39, 0.29) is 5.56 Å². The van der Waals surface area contributed by atoms with Gasteiger partial charge in [-0.1, -0.05) is 41.7 Å². The van der Waals surface area contributed by atoms with Crippen molar-refractivity contribution in [3.05, 3.63) is 51.0 Å². The van der Waals surface area contributed by atoms with Crippen LogP contribution in [0.4, 0.5) is 5.13 Å². The van der Waals surface area contributed by atoms with E-state index in [2.05, 4.69) is 9.88 Å². The molecule has 0 unspecified atom stereocenters. The minimum absolute atomic E-state index is 0.170. The van der Waals surface area contributed by atoms with Gasteiger partial charge in [-0.05, 0) is 17.8 Å². The number of rotatable bonds is 3. The topological polar surface area (TPSA) is 63.2 Å². The largest absolute Gasteiger partial charge is 0.378 e. The van der Waals surface area contributed by atoms with Gasteiger partial charge in [0.25, 0.3) is 5.56 Å². The maximum atomic E-state index is 12.3. The maximum absolute atomic E-state index is 12.3. The summed E-state index contributed by atoms with van der Waals surface area (Å²) in [6.45, 7) is 3.53. The van der Waals surface area contributed by atoms with E-state index in [1.807, 2.05) is 34.9 Å². The highest BCUT2D eigenvalue weighted by Gasteiger charge is 2.18. The van der Waals surface area contributed by atoms with E-state index < -0.39 is 0 Å². The van der Waals surface area contributed by atoms with Crippen molar-refractivity contribution in [2.45, 2.75) is 6.54 Å². The van der Waals surface area contributed by atoms with E-state index in [4.69, 9.17) is 21.9 Å². The Morgan fingerprint density at radius 3 is 2.75 bits per heavy atom. The van der Waals surface area contributed by atoms with Gasteiger partial charge in [-0.3, -0.25) is 14.3 Å². The number of nitrogens with zero attached hydrogens (tertiary/aromatic N) is 3. The summed E-state index contributed by atoms with van der Waals surface area (Å²) in [7, 11) is 0. The van der Waals surface area contributed by atoms with E-state index in [9.17, 15) is 4.79 Å². The zero-order valence-electron chi connectivity index (χ0n) is 12.9. The van der Waals surface area contributed by atoms with Crippen LogP contribution >= 0.6 is 23.6 Å². The highest BCUT2D eigenvalue weighted by molar-refractivity contribution is 7.71. The summed E-state index contributed by atoms with van der Waals surface area (Å²) in [5.41, 5.74) is 1.60. The predicted molar refractivity (Wildman–Crippen MR) is 97.6 cm³/mol. The number of thiazole rings is 1. The summed E-state index contributed by atoms with van der Waals surface area (Å²) in [6.07, 6.45) is 0. The third-order valence-electron chi connectivity index (χ3n) is 3.99. The number of morpholine rings is 1. The number of aromatic amines is 1. The molecule has 0 bridgehead atoms. The first kappa shape index (κ1) is 15.5. The van der Waals surface area contributed by atoms with Crippen LogP contribution in [0.15, 0.2) is 35.1 Å². The highest BCUT2D eigenvalue weighted by atomic mass is 32.1. The average molecular weight is 360 g/mol. The van der Waals surface area contributed by atoms with E-state index >= 15 is 0 Å². The summed E-state index contributed by atoms with van der Waals surface area (Å²) in [4.78, 5) is 21.9. The monoisotopic (exact) mass is 360 g/mol. The molecule has 1 saturated heterocycles. The molecule has 0 amide bonds. The van der Waals surface area contributed by atoms with Crippen LogP contribution < -0.4 is 10.5 Å². The lowest BCUT2D eigenvalue weighted by Gasteiger charge is -2.25. The number of aromatic nitrogens is 3. The normalized spacial score (nSPS) is 15.1. The molecule has 0 saturated carbocycles. The van der Waals surface area contributed by atoms with Gasteiger partial charge >= 0.3 is 0 Å². The van der Waals surface area contributed by atoms with E-state index in [0.717, 1.165) is 23.8 Å². The second-order valence-corrected chi connectivity index (χ2v) is 6.94. The molecular formula is C16H16N4O2S2. The van der Waals surface area contributed by atoms with Crippen LogP contribution in [-0.4, -0.2) is 40.8 Å². The molecule has 4 rings (SSSR count). The van der Waals surface area contributed by atoms with Crippen LogP contribution in [0, 0.1) is 4.77 Å². The van der Waals surface area contributed by atoms with E-state index in [1.54, 1.807) is 0 Å². The van der Waals surface area contributed by atoms with E-state index in [1.165, 1.54) is 11.3 Å². The minimum Gasteiger partial charge on any atom is -0.378 e. The van der Waals surface area contributed by atoms with Crippen LogP contribution in [-0.2, 0) is 11.3 Å². The lowest BCUT2D eigenvalue weighted by Crippen LogP contribution is -2.36. The van der Waals surface area contributed by atoms with Crippen LogP contribution in [0.2, 0.25) is 0 Å². The van der Waals surface area contributed by atoms with Crippen LogP contribution in [0.3, 0.4) is 0 Å². The third-order valence-corrected chi connectivity index (χ3v) is 5.42. The van der Waals surface area contributed by atoms with Crippen molar-refractivity contribution in [2.24, 2.45) is 0 Å². The molecule has 1 aliphatic rings. The number of benzene rings is 1. The molecule has 0 atom stereocenters. The predicted octanol–water partition coefficient (Wildman–Crippen LogP) is 2.40. The van der Waals surface area contributed by atoms with Gasteiger partial charge in [-0.15, -0.1) is 0 Å². The van der Waals surface area contributed by atoms with Crippen LogP contribution in [0.5, 0.6) is 0 Å². The Balaban J connectivity index is 1.82. The van der Waals surface area contributed by atoms with Crippen LogP contribution in [0.25, 0.3) is 10.3 Å². The SMILES string of the molecule is O=c1[nH]c(=S)n(Cc2ccccc2)c2nc(N3CCOCC3)sc12. The Morgan fingerprint density at radius 2 is 2.00 bits per heavy atom. The summed E-state index contributed by atoms with van der Waals surface area (Å²) < 4.78 is 8.29. The smallest absolute Gasteiger partial charge is 0.271 e. The van der Waals surface area contributed by atoms with Gasteiger partial charge in [0.2, 0.25) is 0 Å². The van der Waals surface area contributed by atoms with Gasteiger partial charge < -0.3 is 9.64 Å². The molecule has 0 spiro atoms. The summed E-state index contributed by atoms with van der Waals surface area (Å²) in [5.74, 6) is 0. The molecular weight excluding hydrogens is 344 g/mol. The zero-order valence-corrected chi connectivity index (χ0v) is 14.5. The van der Waals surface area contributed by atoms with Gasteiger partial charge in [-0.25, -0.2) is 4.98 Å². The number of hydrogen-bond acceptors (Lipinski definition) is 6. The molecule has 3 heterocycles. The Hall–Kier alpha value is -2.03. The number of anilines is 1. The Bertz CT molecular complexity index is 971. The van der Waals surface area contributed by atoms with Crippen molar-refractivity contribution in [3.63, 3.8) is 0 Å². The quantitative estimate of drug-likeness (QED) is 0.727. The summed E-state index contributed by atoms with van der Waals surface area (Å²) >= 11 is 6.78. The van der Waals surface area contributed by atoms with Gasteiger partial charge in [0.05, 0.1) is 19.8 Å². The van der Waals surface area contributed by atoms with Gasteiger partial charge in [0, 0.05) is 13.1 Å². The molecule has 24 heavy (non-hydrogen) atoms. The number of hydrogen-bond donors (Lipinski definition) is 1. The molecule has 1 N–H and O–H groups in total. The Morgan fingerprint density at radius 1 is 1.25 bits per heavy atom.